The smallest absolute Gasteiger partial charge is 0.306 e. The van der Waals surface area contributed by atoms with Gasteiger partial charge in [-0.05, 0) is 25.8 Å². The van der Waals surface area contributed by atoms with Crippen LogP contribution < -0.4 is 5.73 Å². The summed E-state index contributed by atoms with van der Waals surface area (Å²) < 4.78 is 0. The van der Waals surface area contributed by atoms with E-state index < -0.39 is 5.97 Å². The molecule has 3 nitrogen and oxygen atoms in total. The maximum absolute atomic E-state index is 10.8. The molecule has 96 valence electrons. The number of hydrogen-bond acceptors (Lipinski definition) is 2. The molecule has 0 saturated carbocycles. The first kappa shape index (κ1) is 15.4. The fourth-order valence-electron chi connectivity index (χ4n) is 1.92. The topological polar surface area (TPSA) is 63.3 Å². The molecule has 1 atom stereocenters. The minimum atomic E-state index is -0.634. The van der Waals surface area contributed by atoms with Crippen LogP contribution >= 0.6 is 0 Å². The molecule has 0 aromatic heterocycles. The lowest BCUT2D eigenvalue weighted by molar-refractivity contribution is -0.142. The summed E-state index contributed by atoms with van der Waals surface area (Å²) in [5, 5.41) is 8.86. The molecule has 0 aliphatic carbocycles. The monoisotopic (exact) mass is 229 g/mol. The molecule has 0 spiro atoms. The number of unbranched alkanes of at least 4 members (excludes halogenated alkanes) is 6. The Bertz CT molecular complexity index is 171. The van der Waals surface area contributed by atoms with Crippen LogP contribution in [0.5, 0.6) is 0 Å². The van der Waals surface area contributed by atoms with Crippen molar-refractivity contribution in [3.8, 4) is 0 Å². The van der Waals surface area contributed by atoms with E-state index in [1.165, 1.54) is 32.1 Å². The highest BCUT2D eigenvalue weighted by Gasteiger charge is 2.13. The van der Waals surface area contributed by atoms with E-state index in [9.17, 15) is 4.79 Å². The number of hydrogen-bond donors (Lipinski definition) is 2. The van der Waals surface area contributed by atoms with Gasteiger partial charge in [0, 0.05) is 0 Å². The van der Waals surface area contributed by atoms with E-state index in [4.69, 9.17) is 10.8 Å². The van der Waals surface area contributed by atoms with Crippen molar-refractivity contribution in [3.05, 3.63) is 0 Å². The molecule has 0 fully saturated rings. The van der Waals surface area contributed by atoms with Crippen molar-refractivity contribution in [1.82, 2.24) is 0 Å². The van der Waals surface area contributed by atoms with Crippen molar-refractivity contribution in [2.45, 2.75) is 64.7 Å². The van der Waals surface area contributed by atoms with Crippen LogP contribution in [0.1, 0.15) is 64.7 Å². The van der Waals surface area contributed by atoms with Crippen LogP contribution in [0, 0.1) is 5.92 Å². The molecule has 0 aromatic rings. The van der Waals surface area contributed by atoms with E-state index in [2.05, 4.69) is 0 Å². The zero-order valence-corrected chi connectivity index (χ0v) is 10.6. The normalized spacial score (nSPS) is 12.6. The number of carbonyl (C=O) groups is 1. The molecule has 0 rings (SSSR count). The molecule has 0 heterocycles. The summed E-state index contributed by atoms with van der Waals surface area (Å²) in [4.78, 5) is 10.8. The van der Waals surface area contributed by atoms with E-state index in [1.807, 2.05) is 6.92 Å². The average molecular weight is 229 g/mol. The van der Waals surface area contributed by atoms with E-state index in [1.54, 1.807) is 0 Å². The second-order valence-electron chi connectivity index (χ2n) is 4.50. The lowest BCUT2D eigenvalue weighted by Gasteiger charge is -2.08. The number of carboxylic acid groups (broad SMARTS) is 1. The van der Waals surface area contributed by atoms with Gasteiger partial charge in [-0.25, -0.2) is 0 Å². The first-order valence-corrected chi connectivity index (χ1v) is 6.65. The predicted octanol–water partition coefficient (Wildman–Crippen LogP) is 3.18. The van der Waals surface area contributed by atoms with Gasteiger partial charge < -0.3 is 10.8 Å². The Morgan fingerprint density at radius 2 is 1.56 bits per heavy atom. The minimum absolute atomic E-state index is 0.128. The fraction of sp³-hybridized carbons (Fsp3) is 0.923. The Morgan fingerprint density at radius 3 is 2.00 bits per heavy atom. The molecule has 0 saturated heterocycles. The third-order valence-corrected chi connectivity index (χ3v) is 3.10. The van der Waals surface area contributed by atoms with Crippen molar-refractivity contribution in [1.29, 1.82) is 0 Å². The first-order valence-electron chi connectivity index (χ1n) is 6.65. The Labute approximate surface area is 99.4 Å². The zero-order valence-electron chi connectivity index (χ0n) is 10.6. The van der Waals surface area contributed by atoms with Gasteiger partial charge in [0.2, 0.25) is 0 Å². The van der Waals surface area contributed by atoms with Gasteiger partial charge in [-0.15, -0.1) is 0 Å². The summed E-state index contributed by atoms with van der Waals surface area (Å²) in [7, 11) is 0. The minimum Gasteiger partial charge on any atom is -0.481 e. The van der Waals surface area contributed by atoms with Crippen LogP contribution in [0.25, 0.3) is 0 Å². The molecule has 1 unspecified atom stereocenters. The molecule has 0 aliphatic heterocycles. The van der Waals surface area contributed by atoms with Gasteiger partial charge in [0.25, 0.3) is 0 Å². The van der Waals surface area contributed by atoms with Gasteiger partial charge in [-0.3, -0.25) is 4.79 Å². The maximum atomic E-state index is 10.8. The van der Waals surface area contributed by atoms with Crippen LogP contribution in [0.15, 0.2) is 0 Å². The Kier molecular flexibility index (Phi) is 10.5. The van der Waals surface area contributed by atoms with Gasteiger partial charge in [0.15, 0.2) is 0 Å². The molecule has 0 aliphatic rings. The largest absolute Gasteiger partial charge is 0.481 e. The highest BCUT2D eigenvalue weighted by molar-refractivity contribution is 5.69. The standard InChI is InChI=1S/C13H27NO2/c1-2-12(13(15)16)10-8-6-4-3-5-7-9-11-14/h12H,2-11,14H2,1H3,(H,15,16). The molecule has 3 heteroatoms. The lowest BCUT2D eigenvalue weighted by Crippen LogP contribution is -2.12. The summed E-state index contributed by atoms with van der Waals surface area (Å²) in [6.07, 6.45) is 9.98. The summed E-state index contributed by atoms with van der Waals surface area (Å²) in [6, 6.07) is 0. The quantitative estimate of drug-likeness (QED) is 0.535. The van der Waals surface area contributed by atoms with Crippen molar-refractivity contribution >= 4 is 5.97 Å². The number of carboxylic acids is 1. The molecule has 3 N–H and O–H groups in total. The van der Waals surface area contributed by atoms with E-state index >= 15 is 0 Å². The van der Waals surface area contributed by atoms with Gasteiger partial charge in [-0.1, -0.05) is 45.4 Å². The Morgan fingerprint density at radius 1 is 1.06 bits per heavy atom. The predicted molar refractivity (Wildman–Crippen MR) is 67.4 cm³/mol. The molecule has 16 heavy (non-hydrogen) atoms. The van der Waals surface area contributed by atoms with Gasteiger partial charge in [-0.2, -0.15) is 0 Å². The zero-order chi connectivity index (χ0) is 12.2. The second-order valence-corrected chi connectivity index (χ2v) is 4.50. The molecular weight excluding hydrogens is 202 g/mol. The average Bonchev–Trinajstić information content (AvgIpc) is 2.26. The summed E-state index contributed by atoms with van der Waals surface area (Å²) >= 11 is 0. The van der Waals surface area contributed by atoms with Crippen LogP contribution in [0.2, 0.25) is 0 Å². The lowest BCUT2D eigenvalue weighted by atomic mass is 9.98. The maximum Gasteiger partial charge on any atom is 0.306 e. The van der Waals surface area contributed by atoms with E-state index in [0.29, 0.717) is 0 Å². The van der Waals surface area contributed by atoms with Crippen LogP contribution in [0.4, 0.5) is 0 Å². The number of aliphatic carboxylic acids is 1. The molecular formula is C13H27NO2. The first-order chi connectivity index (χ1) is 7.72. The van der Waals surface area contributed by atoms with Crippen LogP contribution in [0.3, 0.4) is 0 Å². The fourth-order valence-corrected chi connectivity index (χ4v) is 1.92. The second kappa shape index (κ2) is 10.9. The van der Waals surface area contributed by atoms with Crippen molar-refractivity contribution in [3.63, 3.8) is 0 Å². The third-order valence-electron chi connectivity index (χ3n) is 3.10. The van der Waals surface area contributed by atoms with Crippen molar-refractivity contribution < 1.29 is 9.90 Å². The van der Waals surface area contributed by atoms with Gasteiger partial charge in [0.1, 0.15) is 0 Å². The highest BCUT2D eigenvalue weighted by Crippen LogP contribution is 2.15. The number of nitrogens with two attached hydrogens (primary N) is 1. The van der Waals surface area contributed by atoms with E-state index in [0.717, 1.165) is 32.2 Å². The summed E-state index contributed by atoms with van der Waals surface area (Å²) in [5.74, 6) is -0.761. The van der Waals surface area contributed by atoms with Gasteiger partial charge >= 0.3 is 5.97 Å². The molecule has 0 amide bonds. The van der Waals surface area contributed by atoms with Crippen LogP contribution in [-0.4, -0.2) is 17.6 Å². The number of rotatable bonds is 11. The molecule has 0 aromatic carbocycles. The summed E-state index contributed by atoms with van der Waals surface area (Å²) in [5.41, 5.74) is 5.41. The van der Waals surface area contributed by atoms with Gasteiger partial charge in [0.05, 0.1) is 5.92 Å². The Balaban J connectivity index is 3.22. The van der Waals surface area contributed by atoms with Crippen LogP contribution in [-0.2, 0) is 4.79 Å². The van der Waals surface area contributed by atoms with E-state index in [-0.39, 0.29) is 5.92 Å². The van der Waals surface area contributed by atoms with Crippen molar-refractivity contribution in [2.24, 2.45) is 11.7 Å². The third kappa shape index (κ3) is 8.72. The molecule has 0 radical (unpaired) electrons. The highest BCUT2D eigenvalue weighted by atomic mass is 16.4. The summed E-state index contributed by atoms with van der Waals surface area (Å²) in [6.45, 7) is 2.75. The van der Waals surface area contributed by atoms with Crippen molar-refractivity contribution in [2.75, 3.05) is 6.54 Å². The molecule has 0 bridgehead atoms. The Hall–Kier alpha value is -0.570. The SMILES string of the molecule is CCC(CCCCCCCCCN)C(=O)O.